The molecule has 0 spiro atoms. The number of guanidine groups is 1. The maximum Gasteiger partial charge on any atom is 0.191 e. The predicted molar refractivity (Wildman–Crippen MR) is 104 cm³/mol. The third-order valence-electron chi connectivity index (χ3n) is 6.19. The van der Waals surface area contributed by atoms with Crippen LogP contribution in [-0.4, -0.2) is 34.9 Å². The molecule has 2 fully saturated rings. The van der Waals surface area contributed by atoms with E-state index in [0.717, 1.165) is 29.9 Å². The van der Waals surface area contributed by atoms with Gasteiger partial charge in [-0.3, -0.25) is 9.67 Å². The number of aryl methyl sites for hydroxylation is 2. The molecule has 3 atom stereocenters. The summed E-state index contributed by atoms with van der Waals surface area (Å²) >= 11 is 0. The summed E-state index contributed by atoms with van der Waals surface area (Å²) in [5, 5.41) is 11.8. The summed E-state index contributed by atoms with van der Waals surface area (Å²) in [4.78, 5) is 4.45. The first kappa shape index (κ1) is 18.3. The number of nitrogens with zero attached hydrogens (tertiary/aromatic N) is 3. The maximum atomic E-state index is 4.53. The number of aromatic nitrogens is 2. The van der Waals surface area contributed by atoms with Crippen LogP contribution >= 0.6 is 0 Å². The van der Waals surface area contributed by atoms with Gasteiger partial charge >= 0.3 is 0 Å². The molecule has 0 aliphatic heterocycles. The lowest BCUT2D eigenvalue weighted by atomic mass is 9.85. The fraction of sp³-hybridized carbons (Fsp3) is 0.800. The van der Waals surface area contributed by atoms with Crippen LogP contribution in [-0.2, 0) is 13.5 Å². The minimum atomic E-state index is 0.333. The van der Waals surface area contributed by atoms with Gasteiger partial charge in [0.2, 0.25) is 0 Å². The van der Waals surface area contributed by atoms with Gasteiger partial charge in [0.15, 0.2) is 5.96 Å². The summed E-state index contributed by atoms with van der Waals surface area (Å²) in [7, 11) is 3.89. The fourth-order valence-corrected chi connectivity index (χ4v) is 4.51. The van der Waals surface area contributed by atoms with Crippen molar-refractivity contribution in [1.82, 2.24) is 20.4 Å². The lowest BCUT2D eigenvalue weighted by Crippen LogP contribution is -2.44. The number of hydrogen-bond donors (Lipinski definition) is 2. The second-order valence-corrected chi connectivity index (χ2v) is 8.14. The molecule has 0 amide bonds. The summed E-state index contributed by atoms with van der Waals surface area (Å²) in [6, 6.07) is 0.961. The highest BCUT2D eigenvalue weighted by atomic mass is 15.3. The molecular weight excluding hydrogens is 310 g/mol. The molecule has 3 rings (SSSR count). The number of aliphatic imine (C=N–C) groups is 1. The average Bonchev–Trinajstić information content (AvgIpc) is 3.33. The lowest BCUT2D eigenvalue weighted by Gasteiger charge is -2.22. The molecule has 2 aliphatic carbocycles. The zero-order chi connectivity index (χ0) is 18.0. The zero-order valence-electron chi connectivity index (χ0n) is 16.6. The first-order chi connectivity index (χ1) is 12.0. The Bertz CT molecular complexity index is 612. The van der Waals surface area contributed by atoms with Crippen LogP contribution in [0.5, 0.6) is 0 Å². The Morgan fingerprint density at radius 2 is 2.00 bits per heavy atom. The van der Waals surface area contributed by atoms with Gasteiger partial charge in [-0.15, -0.1) is 0 Å². The van der Waals surface area contributed by atoms with Gasteiger partial charge < -0.3 is 10.6 Å². The van der Waals surface area contributed by atoms with Crippen LogP contribution in [0.25, 0.3) is 0 Å². The molecule has 1 aromatic rings. The molecule has 25 heavy (non-hydrogen) atoms. The molecule has 5 heteroatoms. The molecule has 0 aromatic carbocycles. The van der Waals surface area contributed by atoms with E-state index < -0.39 is 0 Å². The Labute approximate surface area is 152 Å². The largest absolute Gasteiger partial charge is 0.354 e. The number of nitrogens with one attached hydrogen (secondary N) is 2. The Balaban J connectivity index is 1.49. The van der Waals surface area contributed by atoms with Crippen molar-refractivity contribution in [1.29, 1.82) is 0 Å². The zero-order valence-corrected chi connectivity index (χ0v) is 16.6. The molecule has 0 radical (unpaired) electrons. The minimum absolute atomic E-state index is 0.333. The second kappa shape index (κ2) is 7.79. The highest BCUT2D eigenvalue weighted by Gasteiger charge is 2.43. The number of rotatable bonds is 5. The van der Waals surface area contributed by atoms with Crippen LogP contribution in [0.1, 0.15) is 62.4 Å². The van der Waals surface area contributed by atoms with Crippen molar-refractivity contribution in [3.63, 3.8) is 0 Å². The van der Waals surface area contributed by atoms with Gasteiger partial charge in [-0.05, 0) is 51.0 Å². The van der Waals surface area contributed by atoms with Gasteiger partial charge in [0.25, 0.3) is 0 Å². The fourth-order valence-electron chi connectivity index (χ4n) is 4.51. The molecule has 2 aliphatic rings. The van der Waals surface area contributed by atoms with Gasteiger partial charge in [-0.25, -0.2) is 0 Å². The van der Waals surface area contributed by atoms with Gasteiger partial charge in [-0.1, -0.05) is 32.1 Å². The van der Waals surface area contributed by atoms with E-state index in [-0.39, 0.29) is 0 Å². The smallest absolute Gasteiger partial charge is 0.191 e. The van der Waals surface area contributed by atoms with Crippen molar-refractivity contribution in [2.45, 2.75) is 77.8 Å². The van der Waals surface area contributed by atoms with E-state index >= 15 is 0 Å². The Hall–Kier alpha value is -1.52. The summed E-state index contributed by atoms with van der Waals surface area (Å²) in [5.41, 5.74) is 3.74. The molecule has 0 saturated heterocycles. The van der Waals surface area contributed by atoms with Crippen LogP contribution in [0.15, 0.2) is 4.99 Å². The van der Waals surface area contributed by atoms with Crippen LogP contribution < -0.4 is 10.6 Å². The second-order valence-electron chi connectivity index (χ2n) is 8.14. The molecule has 3 unspecified atom stereocenters. The molecule has 1 aromatic heterocycles. The Morgan fingerprint density at radius 1 is 1.28 bits per heavy atom. The van der Waals surface area contributed by atoms with Gasteiger partial charge in [0, 0.05) is 31.9 Å². The molecule has 140 valence electrons. The van der Waals surface area contributed by atoms with Crippen molar-refractivity contribution in [3.8, 4) is 0 Å². The van der Waals surface area contributed by atoms with Crippen molar-refractivity contribution >= 4 is 5.96 Å². The summed E-state index contributed by atoms with van der Waals surface area (Å²) in [6.45, 7) is 6.47. The average molecular weight is 346 g/mol. The SMILES string of the molecule is CN=C(NC(C)Cc1c(C)nn(C)c1C)NC1CC1C1CCCCC1. The van der Waals surface area contributed by atoms with E-state index in [1.807, 2.05) is 18.8 Å². The molecular formula is C20H35N5. The monoisotopic (exact) mass is 345 g/mol. The summed E-state index contributed by atoms with van der Waals surface area (Å²) < 4.78 is 1.98. The summed E-state index contributed by atoms with van der Waals surface area (Å²) in [6.07, 6.45) is 9.47. The highest BCUT2D eigenvalue weighted by Crippen LogP contribution is 2.44. The Morgan fingerprint density at radius 3 is 2.60 bits per heavy atom. The molecule has 2 N–H and O–H groups in total. The first-order valence-electron chi connectivity index (χ1n) is 9.98. The molecule has 2 saturated carbocycles. The maximum absolute atomic E-state index is 4.53. The van der Waals surface area contributed by atoms with Crippen molar-refractivity contribution in [2.24, 2.45) is 23.9 Å². The van der Waals surface area contributed by atoms with E-state index in [1.165, 1.54) is 49.8 Å². The van der Waals surface area contributed by atoms with E-state index in [4.69, 9.17) is 0 Å². The lowest BCUT2D eigenvalue weighted by molar-refractivity contribution is 0.315. The van der Waals surface area contributed by atoms with Crippen LogP contribution in [0.3, 0.4) is 0 Å². The summed E-state index contributed by atoms with van der Waals surface area (Å²) in [5.74, 6) is 2.77. The van der Waals surface area contributed by atoms with Crippen LogP contribution in [0.2, 0.25) is 0 Å². The molecule has 0 bridgehead atoms. The third kappa shape index (κ3) is 4.36. The van der Waals surface area contributed by atoms with Gasteiger partial charge in [-0.2, -0.15) is 5.10 Å². The Kier molecular flexibility index (Phi) is 5.70. The van der Waals surface area contributed by atoms with Gasteiger partial charge in [0.05, 0.1) is 5.69 Å². The van der Waals surface area contributed by atoms with E-state index in [0.29, 0.717) is 12.1 Å². The van der Waals surface area contributed by atoms with Crippen LogP contribution in [0.4, 0.5) is 0 Å². The standard InChI is InChI=1S/C20H35N5/c1-13(11-17-14(2)24-25(5)15(17)3)22-20(21-4)23-19-12-18(19)16-9-7-6-8-10-16/h13,16,18-19H,6-12H2,1-5H3,(H2,21,22,23). The normalized spacial score (nSPS) is 25.7. The van der Waals surface area contributed by atoms with E-state index in [1.54, 1.807) is 0 Å². The van der Waals surface area contributed by atoms with E-state index in [2.05, 4.69) is 41.5 Å². The van der Waals surface area contributed by atoms with Crippen molar-refractivity contribution in [3.05, 3.63) is 17.0 Å². The first-order valence-corrected chi connectivity index (χ1v) is 9.98. The topological polar surface area (TPSA) is 54.2 Å². The highest BCUT2D eigenvalue weighted by molar-refractivity contribution is 5.80. The van der Waals surface area contributed by atoms with Crippen LogP contribution in [0, 0.1) is 25.7 Å². The minimum Gasteiger partial charge on any atom is -0.354 e. The molecule has 5 nitrogen and oxygen atoms in total. The number of hydrogen-bond acceptors (Lipinski definition) is 2. The predicted octanol–water partition coefficient (Wildman–Crippen LogP) is 3.10. The molecule has 1 heterocycles. The van der Waals surface area contributed by atoms with Crippen molar-refractivity contribution in [2.75, 3.05) is 7.05 Å². The van der Waals surface area contributed by atoms with Gasteiger partial charge in [0.1, 0.15) is 0 Å². The van der Waals surface area contributed by atoms with E-state index in [9.17, 15) is 0 Å². The third-order valence-corrected chi connectivity index (χ3v) is 6.19. The quantitative estimate of drug-likeness (QED) is 0.637. The van der Waals surface area contributed by atoms with Crippen molar-refractivity contribution < 1.29 is 0 Å².